The molecular weight excluding hydrogens is 210 g/mol. The molecule has 0 aromatic heterocycles. The average Bonchev–Trinajstić information content (AvgIpc) is 2.58. The first-order chi connectivity index (χ1) is 7.47. The van der Waals surface area contributed by atoms with Crippen molar-refractivity contribution in [1.29, 1.82) is 0 Å². The van der Waals surface area contributed by atoms with Crippen molar-refractivity contribution in [2.45, 2.75) is 38.5 Å². The summed E-state index contributed by atoms with van der Waals surface area (Å²) in [4.78, 5) is 1.73. The Balaban J connectivity index is 2.13. The van der Waals surface area contributed by atoms with Crippen LogP contribution >= 0.6 is 0 Å². The number of aryl methyl sites for hydroxylation is 1. The highest BCUT2D eigenvalue weighted by molar-refractivity contribution is 6.75. The molecule has 88 valence electrons. The van der Waals surface area contributed by atoms with Crippen LogP contribution in [0.5, 0.6) is 0 Å². The third kappa shape index (κ3) is 2.55. The molecule has 0 heterocycles. The monoisotopic (exact) mass is 234 g/mol. The fourth-order valence-electron chi connectivity index (χ4n) is 3.03. The Bertz CT molecular complexity index is 367. The Morgan fingerprint density at radius 3 is 2.62 bits per heavy atom. The van der Waals surface area contributed by atoms with Crippen molar-refractivity contribution in [1.82, 2.24) is 0 Å². The minimum absolute atomic E-state index is 0.753. The van der Waals surface area contributed by atoms with Crippen LogP contribution in [0.25, 0.3) is 0 Å². The van der Waals surface area contributed by atoms with Crippen molar-refractivity contribution in [2.75, 3.05) is 13.2 Å². The minimum Gasteiger partial charge on any atom is -0.335 e. The molecule has 0 radical (unpaired) electrons. The third-order valence-electron chi connectivity index (χ3n) is 3.54. The lowest BCUT2D eigenvalue weighted by molar-refractivity contribution is -0.902. The summed E-state index contributed by atoms with van der Waals surface area (Å²) in [5.41, 5.74) is 3.20. The van der Waals surface area contributed by atoms with Gasteiger partial charge in [0.1, 0.15) is 14.1 Å². The van der Waals surface area contributed by atoms with Gasteiger partial charge in [-0.15, -0.1) is 0 Å². The number of benzene rings is 1. The second-order valence-electron chi connectivity index (χ2n) is 6.37. The maximum atomic E-state index is 2.47. The van der Waals surface area contributed by atoms with Crippen molar-refractivity contribution < 1.29 is 4.90 Å². The molecule has 0 aliphatic heterocycles. The van der Waals surface area contributed by atoms with Crippen LogP contribution in [0.2, 0.25) is 19.6 Å². The lowest BCUT2D eigenvalue weighted by Crippen LogP contribution is -3.11. The van der Waals surface area contributed by atoms with Crippen LogP contribution in [-0.2, 0) is 6.42 Å². The van der Waals surface area contributed by atoms with Gasteiger partial charge in [0.05, 0.1) is 13.2 Å². The van der Waals surface area contributed by atoms with Gasteiger partial charge in [-0.1, -0.05) is 43.9 Å². The molecule has 2 heteroatoms. The van der Waals surface area contributed by atoms with Crippen LogP contribution in [0, 0.1) is 0 Å². The number of nitrogens with one attached hydrogen (secondary N) is 1. The molecule has 2 unspecified atom stereocenters. The normalized spacial score (nSPS) is 21.9. The highest BCUT2D eigenvalue weighted by atomic mass is 28.3. The molecule has 0 saturated heterocycles. The molecule has 2 atom stereocenters. The van der Waals surface area contributed by atoms with E-state index in [-0.39, 0.29) is 0 Å². The van der Waals surface area contributed by atoms with Crippen molar-refractivity contribution >= 4 is 8.07 Å². The van der Waals surface area contributed by atoms with Gasteiger partial charge in [-0.3, -0.25) is 0 Å². The average molecular weight is 234 g/mol. The first-order valence-electron chi connectivity index (χ1n) is 6.37. The van der Waals surface area contributed by atoms with E-state index < -0.39 is 8.07 Å². The molecule has 0 bridgehead atoms. The van der Waals surface area contributed by atoms with E-state index in [0.29, 0.717) is 0 Å². The Labute approximate surface area is 100 Å². The molecule has 0 amide bonds. The Morgan fingerprint density at radius 1 is 1.25 bits per heavy atom. The van der Waals surface area contributed by atoms with E-state index in [1.807, 2.05) is 0 Å². The summed E-state index contributed by atoms with van der Waals surface area (Å²) < 4.78 is 0. The van der Waals surface area contributed by atoms with Crippen molar-refractivity contribution in [3.8, 4) is 0 Å². The molecule has 1 aromatic carbocycles. The molecule has 1 nitrogen and oxygen atoms in total. The van der Waals surface area contributed by atoms with Gasteiger partial charge in [0.25, 0.3) is 0 Å². The zero-order valence-electron chi connectivity index (χ0n) is 11.0. The molecule has 1 N–H and O–H groups in total. The summed E-state index contributed by atoms with van der Waals surface area (Å²) in [6, 6.07) is 9.76. The number of fused-ring (bicyclic) bond motifs is 1. The first-order valence-corrected chi connectivity index (χ1v) is 10.1. The number of rotatable bonds is 3. The van der Waals surface area contributed by atoms with Gasteiger partial charge in [0.15, 0.2) is 0 Å². The first kappa shape index (κ1) is 11.9. The smallest absolute Gasteiger partial charge is 0.113 e. The number of quaternary nitrogens is 1. The maximum absolute atomic E-state index is 2.47. The second kappa shape index (κ2) is 4.34. The standard InChI is InChI=1S/C14H23NSi/c1-15(11-16(2,3)4)14-10-9-12-7-5-6-8-13(12)14/h5-8,14H,9-11H2,1-4H3/p+1. The van der Waals surface area contributed by atoms with Crippen LogP contribution < -0.4 is 4.90 Å². The van der Waals surface area contributed by atoms with E-state index in [1.54, 1.807) is 16.0 Å². The van der Waals surface area contributed by atoms with Crippen LogP contribution in [-0.4, -0.2) is 21.3 Å². The van der Waals surface area contributed by atoms with E-state index in [1.165, 1.54) is 19.0 Å². The van der Waals surface area contributed by atoms with Crippen LogP contribution in [0.15, 0.2) is 24.3 Å². The molecule has 0 fully saturated rings. The van der Waals surface area contributed by atoms with Gasteiger partial charge in [0.2, 0.25) is 0 Å². The fraction of sp³-hybridized carbons (Fsp3) is 0.571. The maximum Gasteiger partial charge on any atom is 0.113 e. The molecular formula is C14H24NSi+. The highest BCUT2D eigenvalue weighted by Gasteiger charge is 2.31. The minimum atomic E-state index is -0.946. The van der Waals surface area contributed by atoms with Gasteiger partial charge in [0, 0.05) is 12.0 Å². The zero-order valence-corrected chi connectivity index (χ0v) is 12.0. The van der Waals surface area contributed by atoms with Gasteiger partial charge < -0.3 is 4.90 Å². The molecule has 0 spiro atoms. The fourth-order valence-corrected chi connectivity index (χ4v) is 4.95. The molecule has 1 aliphatic rings. The van der Waals surface area contributed by atoms with Crippen molar-refractivity contribution in [3.63, 3.8) is 0 Å². The summed E-state index contributed by atoms with van der Waals surface area (Å²) in [5.74, 6) is 0. The molecule has 1 aromatic rings. The number of hydrogen-bond acceptors (Lipinski definition) is 0. The van der Waals surface area contributed by atoms with Gasteiger partial charge in [-0.05, 0) is 12.0 Å². The summed E-state index contributed by atoms with van der Waals surface area (Å²) in [7, 11) is 1.43. The number of hydrogen-bond donors (Lipinski definition) is 1. The van der Waals surface area contributed by atoms with E-state index in [9.17, 15) is 0 Å². The Morgan fingerprint density at radius 2 is 1.94 bits per heavy atom. The van der Waals surface area contributed by atoms with Crippen LogP contribution in [0.4, 0.5) is 0 Å². The molecule has 0 saturated carbocycles. The summed E-state index contributed by atoms with van der Waals surface area (Å²) in [6.07, 6.45) is 4.01. The van der Waals surface area contributed by atoms with E-state index >= 15 is 0 Å². The predicted octanol–water partition coefficient (Wildman–Crippen LogP) is 2.07. The van der Waals surface area contributed by atoms with Crippen LogP contribution in [0.1, 0.15) is 23.6 Å². The zero-order chi connectivity index (χ0) is 11.8. The Kier molecular flexibility index (Phi) is 3.22. The van der Waals surface area contributed by atoms with Crippen molar-refractivity contribution in [3.05, 3.63) is 35.4 Å². The lowest BCUT2D eigenvalue weighted by Gasteiger charge is -2.27. The van der Waals surface area contributed by atoms with Crippen LogP contribution in [0.3, 0.4) is 0 Å². The van der Waals surface area contributed by atoms with Gasteiger partial charge in [-0.25, -0.2) is 0 Å². The van der Waals surface area contributed by atoms with Gasteiger partial charge in [-0.2, -0.15) is 0 Å². The third-order valence-corrected chi connectivity index (χ3v) is 5.16. The van der Waals surface area contributed by atoms with Crippen molar-refractivity contribution in [2.24, 2.45) is 0 Å². The molecule has 2 rings (SSSR count). The summed E-state index contributed by atoms with van der Waals surface area (Å²) in [5, 5.41) is 0. The van der Waals surface area contributed by atoms with E-state index in [2.05, 4.69) is 51.0 Å². The molecule has 1 aliphatic carbocycles. The SMILES string of the molecule is C[NH+](C[Si](C)(C)C)C1CCc2ccccc21. The largest absolute Gasteiger partial charge is 0.335 e. The van der Waals surface area contributed by atoms with Gasteiger partial charge >= 0.3 is 0 Å². The van der Waals surface area contributed by atoms with E-state index in [4.69, 9.17) is 0 Å². The summed E-state index contributed by atoms with van der Waals surface area (Å²) in [6.45, 7) is 7.41. The molecule has 16 heavy (non-hydrogen) atoms. The highest BCUT2D eigenvalue weighted by Crippen LogP contribution is 2.28. The lowest BCUT2D eigenvalue weighted by atomic mass is 10.1. The Hall–Kier alpha value is -0.603. The van der Waals surface area contributed by atoms with E-state index in [0.717, 1.165) is 6.04 Å². The quantitative estimate of drug-likeness (QED) is 0.764. The summed E-state index contributed by atoms with van der Waals surface area (Å²) >= 11 is 0. The predicted molar refractivity (Wildman–Crippen MR) is 72.6 cm³/mol. The topological polar surface area (TPSA) is 4.44 Å². The second-order valence-corrected chi connectivity index (χ2v) is 11.8.